The molecule has 0 aliphatic carbocycles. The standard InChI is InChI=1S/C32H37N5O2/c1-2-24-10-6-7-11-25(24)21-34-32(39)30(20-26-22-33-29-15-9-8-14-28(26)29)35-31(38)23-36-16-18-37(19-17-36)27-12-4-3-5-13-27/h3-15,22,30,33H,2,16-21,23H2,1H3,(H,34,39)(H,35,38). The van der Waals surface area contributed by atoms with E-state index in [0.29, 0.717) is 13.0 Å². The minimum atomic E-state index is -0.670. The number of benzene rings is 3. The van der Waals surface area contributed by atoms with Crippen LogP contribution in [0, 0.1) is 0 Å². The van der Waals surface area contributed by atoms with E-state index in [0.717, 1.165) is 54.6 Å². The predicted molar refractivity (Wildman–Crippen MR) is 157 cm³/mol. The molecule has 0 bridgehead atoms. The lowest BCUT2D eigenvalue weighted by molar-refractivity contribution is -0.129. The van der Waals surface area contributed by atoms with E-state index in [1.807, 2.05) is 54.7 Å². The fourth-order valence-corrected chi connectivity index (χ4v) is 5.36. The molecule has 7 heteroatoms. The lowest BCUT2D eigenvalue weighted by Gasteiger charge is -2.35. The Labute approximate surface area is 230 Å². The highest BCUT2D eigenvalue weighted by molar-refractivity contribution is 5.90. The molecule has 0 radical (unpaired) electrons. The van der Waals surface area contributed by atoms with E-state index in [2.05, 4.69) is 62.7 Å². The molecule has 2 heterocycles. The van der Waals surface area contributed by atoms with Gasteiger partial charge in [-0.3, -0.25) is 14.5 Å². The third-order valence-corrected chi connectivity index (χ3v) is 7.56. The molecule has 1 aromatic heterocycles. The van der Waals surface area contributed by atoms with Crippen molar-refractivity contribution in [3.8, 4) is 0 Å². The number of amides is 2. The summed E-state index contributed by atoms with van der Waals surface area (Å²) < 4.78 is 0. The molecule has 4 aromatic rings. The molecule has 1 saturated heterocycles. The van der Waals surface area contributed by atoms with E-state index in [-0.39, 0.29) is 18.4 Å². The van der Waals surface area contributed by atoms with E-state index < -0.39 is 6.04 Å². The van der Waals surface area contributed by atoms with Crippen LogP contribution < -0.4 is 15.5 Å². The topological polar surface area (TPSA) is 80.5 Å². The number of carbonyl (C=O) groups is 2. The van der Waals surface area contributed by atoms with Crippen LogP contribution in [0.3, 0.4) is 0 Å². The van der Waals surface area contributed by atoms with Gasteiger partial charge in [-0.05, 0) is 41.3 Å². The van der Waals surface area contributed by atoms with E-state index >= 15 is 0 Å². The van der Waals surface area contributed by atoms with Crippen LogP contribution in [0.25, 0.3) is 10.9 Å². The van der Waals surface area contributed by atoms with Gasteiger partial charge in [0.15, 0.2) is 0 Å². The minimum Gasteiger partial charge on any atom is -0.369 e. The highest BCUT2D eigenvalue weighted by Gasteiger charge is 2.25. The molecule has 5 rings (SSSR count). The van der Waals surface area contributed by atoms with Gasteiger partial charge in [0.05, 0.1) is 6.54 Å². The maximum Gasteiger partial charge on any atom is 0.243 e. The van der Waals surface area contributed by atoms with Crippen LogP contribution in [0.2, 0.25) is 0 Å². The zero-order valence-corrected chi connectivity index (χ0v) is 22.5. The smallest absolute Gasteiger partial charge is 0.243 e. The molecule has 2 amide bonds. The number of aromatic amines is 1. The second kappa shape index (κ2) is 12.6. The highest BCUT2D eigenvalue weighted by atomic mass is 16.2. The van der Waals surface area contributed by atoms with Crippen LogP contribution in [0.1, 0.15) is 23.6 Å². The number of anilines is 1. The van der Waals surface area contributed by atoms with Crippen LogP contribution in [0.15, 0.2) is 85.1 Å². The fourth-order valence-electron chi connectivity index (χ4n) is 5.36. The molecule has 0 saturated carbocycles. The van der Waals surface area contributed by atoms with Gasteiger partial charge in [0.25, 0.3) is 0 Å². The zero-order chi connectivity index (χ0) is 27.0. The van der Waals surface area contributed by atoms with E-state index in [9.17, 15) is 9.59 Å². The Hall–Kier alpha value is -4.10. The first kappa shape index (κ1) is 26.5. The number of hydrogen-bond acceptors (Lipinski definition) is 4. The Balaban J connectivity index is 1.23. The van der Waals surface area contributed by atoms with E-state index in [1.54, 1.807) is 0 Å². The summed E-state index contributed by atoms with van der Waals surface area (Å²) in [5.74, 6) is -0.300. The van der Waals surface area contributed by atoms with E-state index in [1.165, 1.54) is 11.3 Å². The molecule has 0 spiro atoms. The summed E-state index contributed by atoms with van der Waals surface area (Å²) in [6.07, 6.45) is 3.25. The van der Waals surface area contributed by atoms with Crippen molar-refractivity contribution in [1.82, 2.24) is 20.5 Å². The maximum absolute atomic E-state index is 13.4. The molecule has 3 N–H and O–H groups in total. The second-order valence-electron chi connectivity index (χ2n) is 10.1. The van der Waals surface area contributed by atoms with Gasteiger partial charge < -0.3 is 20.5 Å². The van der Waals surface area contributed by atoms with Crippen molar-refractivity contribution in [3.63, 3.8) is 0 Å². The number of carbonyl (C=O) groups excluding carboxylic acids is 2. The lowest BCUT2D eigenvalue weighted by Crippen LogP contribution is -2.53. The van der Waals surface area contributed by atoms with Crippen molar-refractivity contribution in [3.05, 3.63) is 102 Å². The fraction of sp³-hybridized carbons (Fsp3) is 0.312. The third-order valence-electron chi connectivity index (χ3n) is 7.56. The van der Waals surface area contributed by atoms with Gasteiger partial charge in [-0.15, -0.1) is 0 Å². The van der Waals surface area contributed by atoms with Crippen molar-refractivity contribution in [2.75, 3.05) is 37.6 Å². The van der Waals surface area contributed by atoms with Crippen LogP contribution in [-0.4, -0.2) is 60.5 Å². The van der Waals surface area contributed by atoms with Crippen LogP contribution in [0.4, 0.5) is 5.69 Å². The summed E-state index contributed by atoms with van der Waals surface area (Å²) in [6.45, 7) is 6.16. The van der Waals surface area contributed by atoms with Gasteiger partial charge in [0, 0.05) is 61.9 Å². The van der Waals surface area contributed by atoms with Gasteiger partial charge in [0.1, 0.15) is 6.04 Å². The number of nitrogens with one attached hydrogen (secondary N) is 3. The van der Waals surface area contributed by atoms with Crippen molar-refractivity contribution in [1.29, 1.82) is 0 Å². The summed E-state index contributed by atoms with van der Waals surface area (Å²) in [5.41, 5.74) is 5.55. The monoisotopic (exact) mass is 523 g/mol. The molecule has 7 nitrogen and oxygen atoms in total. The Morgan fingerprint density at radius 1 is 0.846 bits per heavy atom. The summed E-state index contributed by atoms with van der Waals surface area (Å²) in [6, 6.07) is 25.9. The Kier molecular flexibility index (Phi) is 8.58. The third kappa shape index (κ3) is 6.67. The number of H-pyrrole nitrogens is 1. The molecule has 1 unspecified atom stereocenters. The lowest BCUT2D eigenvalue weighted by atomic mass is 10.0. The highest BCUT2D eigenvalue weighted by Crippen LogP contribution is 2.20. The number of hydrogen-bond donors (Lipinski definition) is 3. The molecular formula is C32H37N5O2. The van der Waals surface area contributed by atoms with Crippen LogP contribution >= 0.6 is 0 Å². The van der Waals surface area contributed by atoms with Crippen molar-refractivity contribution < 1.29 is 9.59 Å². The first-order valence-corrected chi connectivity index (χ1v) is 13.8. The minimum absolute atomic E-state index is 0.128. The Morgan fingerprint density at radius 3 is 2.31 bits per heavy atom. The number of aryl methyl sites for hydroxylation is 1. The van der Waals surface area contributed by atoms with Gasteiger partial charge in [-0.2, -0.15) is 0 Å². The molecule has 1 atom stereocenters. The number of rotatable bonds is 10. The normalized spacial score (nSPS) is 14.7. The van der Waals surface area contributed by atoms with Gasteiger partial charge in [-0.1, -0.05) is 67.6 Å². The van der Waals surface area contributed by atoms with Gasteiger partial charge >= 0.3 is 0 Å². The molecule has 1 aliphatic rings. The molecule has 39 heavy (non-hydrogen) atoms. The summed E-state index contributed by atoms with van der Waals surface area (Å²) in [4.78, 5) is 34.4. The SMILES string of the molecule is CCc1ccccc1CNC(=O)C(Cc1c[nH]c2ccccc12)NC(=O)CN1CCN(c2ccccc2)CC1. The van der Waals surface area contributed by atoms with Crippen LogP contribution in [-0.2, 0) is 29.0 Å². The van der Waals surface area contributed by atoms with Crippen molar-refractivity contribution >= 4 is 28.4 Å². The molecule has 202 valence electrons. The number of nitrogens with zero attached hydrogens (tertiary/aromatic N) is 2. The first-order valence-electron chi connectivity index (χ1n) is 13.8. The summed E-state index contributed by atoms with van der Waals surface area (Å²) >= 11 is 0. The quantitative estimate of drug-likeness (QED) is 0.295. The Bertz CT molecular complexity index is 1390. The molecule has 1 fully saturated rings. The number of fused-ring (bicyclic) bond motifs is 1. The summed E-state index contributed by atoms with van der Waals surface area (Å²) in [5, 5.41) is 7.21. The van der Waals surface area contributed by atoms with Gasteiger partial charge in [-0.25, -0.2) is 0 Å². The first-order chi connectivity index (χ1) is 19.1. The largest absolute Gasteiger partial charge is 0.369 e. The predicted octanol–water partition coefficient (Wildman–Crippen LogP) is 3.90. The van der Waals surface area contributed by atoms with Crippen molar-refractivity contribution in [2.45, 2.75) is 32.4 Å². The average Bonchev–Trinajstić information content (AvgIpc) is 3.39. The summed E-state index contributed by atoms with van der Waals surface area (Å²) in [7, 11) is 0. The number of piperazine rings is 1. The Morgan fingerprint density at radius 2 is 1.54 bits per heavy atom. The molecular weight excluding hydrogens is 486 g/mol. The van der Waals surface area contributed by atoms with Crippen LogP contribution in [0.5, 0.6) is 0 Å². The maximum atomic E-state index is 13.4. The van der Waals surface area contributed by atoms with Gasteiger partial charge in [0.2, 0.25) is 11.8 Å². The van der Waals surface area contributed by atoms with Crippen molar-refractivity contribution in [2.24, 2.45) is 0 Å². The average molecular weight is 524 g/mol. The van der Waals surface area contributed by atoms with E-state index in [4.69, 9.17) is 0 Å². The molecule has 3 aromatic carbocycles. The second-order valence-corrected chi connectivity index (χ2v) is 10.1. The zero-order valence-electron chi connectivity index (χ0n) is 22.5. The number of aromatic nitrogens is 1. The molecule has 1 aliphatic heterocycles. The number of para-hydroxylation sites is 2.